The van der Waals surface area contributed by atoms with Gasteiger partial charge in [-0.15, -0.1) is 0 Å². The molecule has 0 radical (unpaired) electrons. The van der Waals surface area contributed by atoms with Crippen molar-refractivity contribution >= 4 is 11.7 Å². The highest BCUT2D eigenvalue weighted by molar-refractivity contribution is 6.03. The summed E-state index contributed by atoms with van der Waals surface area (Å²) in [4.78, 5) is 29.1. The van der Waals surface area contributed by atoms with Gasteiger partial charge in [-0.3, -0.25) is 9.59 Å². The van der Waals surface area contributed by atoms with E-state index in [1.54, 1.807) is 14.2 Å². The van der Waals surface area contributed by atoms with Crippen LogP contribution in [0, 0.1) is 23.2 Å². The number of methoxy groups -OCH3 is 2. The molecule has 5 aliphatic rings. The Bertz CT molecular complexity index is 980. The average Bonchev–Trinajstić information content (AvgIpc) is 3.07. The summed E-state index contributed by atoms with van der Waals surface area (Å²) in [5.74, 6) is 3.17. The van der Waals surface area contributed by atoms with Crippen LogP contribution in [0.15, 0.2) is 30.0 Å². The molecule has 3 saturated carbocycles. The Hall–Kier alpha value is -2.30. The number of amides is 1. The number of ketones is 1. The number of carbonyl (C=O) groups excluding carboxylic acids is 2. The van der Waals surface area contributed by atoms with Gasteiger partial charge < -0.3 is 14.4 Å². The smallest absolute Gasteiger partial charge is 0.228 e. The van der Waals surface area contributed by atoms with Crippen LogP contribution in [0.5, 0.6) is 11.5 Å². The second kappa shape index (κ2) is 6.85. The first-order valence-electron chi connectivity index (χ1n) is 11.5. The van der Waals surface area contributed by atoms with Crippen molar-refractivity contribution in [2.45, 2.75) is 64.3 Å². The Morgan fingerprint density at radius 2 is 1.81 bits per heavy atom. The van der Waals surface area contributed by atoms with Crippen LogP contribution in [-0.4, -0.2) is 36.9 Å². The van der Waals surface area contributed by atoms with Gasteiger partial charge in [-0.1, -0.05) is 32.9 Å². The number of fused-ring (bicyclic) bond motifs is 3. The fraction of sp³-hybridized carbons (Fsp3) is 0.615. The standard InChI is InChI=1S/C26H33NO4/c1-15-18-11-17(25(18,2)3)12-19(15)27-22-7-6-8-23(28)26(22,14-24(27)29)16-9-10-20(30-4)21(13-16)31-5/h7,9-10,13,15,17-19H,6,8,11-12,14H2,1-5H3/t15-,17+,18-,19-,26?/m1/s1. The van der Waals surface area contributed by atoms with Crippen LogP contribution in [0.4, 0.5) is 0 Å². The first-order valence-corrected chi connectivity index (χ1v) is 11.5. The third kappa shape index (κ3) is 2.61. The molecule has 1 aromatic carbocycles. The third-order valence-corrected chi connectivity index (χ3v) is 9.09. The number of likely N-dealkylation sites (tertiary alicyclic amines) is 1. The van der Waals surface area contributed by atoms with Crippen LogP contribution in [0.2, 0.25) is 0 Å². The van der Waals surface area contributed by atoms with Crippen LogP contribution < -0.4 is 9.47 Å². The normalized spacial score (nSPS) is 35.9. The minimum atomic E-state index is -0.897. The van der Waals surface area contributed by atoms with Crippen LogP contribution in [0.1, 0.15) is 58.4 Å². The summed E-state index contributed by atoms with van der Waals surface area (Å²) in [7, 11) is 3.20. The van der Waals surface area contributed by atoms with Gasteiger partial charge in [-0.2, -0.15) is 0 Å². The second-order valence-corrected chi connectivity index (χ2v) is 10.5. The van der Waals surface area contributed by atoms with Gasteiger partial charge >= 0.3 is 0 Å². The fourth-order valence-electron chi connectivity index (χ4n) is 7.15. The molecule has 31 heavy (non-hydrogen) atoms. The van der Waals surface area contributed by atoms with Crippen molar-refractivity contribution in [2.24, 2.45) is 23.2 Å². The van der Waals surface area contributed by atoms with E-state index in [4.69, 9.17) is 9.47 Å². The van der Waals surface area contributed by atoms with E-state index in [0.717, 1.165) is 17.7 Å². The minimum Gasteiger partial charge on any atom is -0.493 e. The van der Waals surface area contributed by atoms with Gasteiger partial charge in [0.05, 0.1) is 14.2 Å². The van der Waals surface area contributed by atoms with Crippen molar-refractivity contribution in [1.82, 2.24) is 4.90 Å². The Kier molecular flexibility index (Phi) is 4.55. The number of ether oxygens (including phenoxy) is 2. The van der Waals surface area contributed by atoms with Crippen LogP contribution >= 0.6 is 0 Å². The summed E-state index contributed by atoms with van der Waals surface area (Å²) in [6.07, 6.45) is 5.84. The molecule has 4 fully saturated rings. The summed E-state index contributed by atoms with van der Waals surface area (Å²) in [6, 6.07) is 5.84. The molecule has 6 rings (SSSR count). The minimum absolute atomic E-state index is 0.0900. The SMILES string of the molecule is COc1ccc(C23CC(=O)N([C@@H]4C[C@@H]5C[C@H]([C@H]4C)C5(C)C)C2=CCCC3=O)cc1OC. The largest absolute Gasteiger partial charge is 0.493 e. The lowest BCUT2D eigenvalue weighted by Gasteiger charge is -2.63. The van der Waals surface area contributed by atoms with Gasteiger partial charge in [0.2, 0.25) is 5.91 Å². The summed E-state index contributed by atoms with van der Waals surface area (Å²) in [5, 5.41) is 0. The topological polar surface area (TPSA) is 55.8 Å². The first kappa shape index (κ1) is 20.6. The van der Waals surface area contributed by atoms with E-state index in [-0.39, 0.29) is 24.2 Å². The van der Waals surface area contributed by atoms with Gasteiger partial charge in [-0.05, 0) is 60.1 Å². The summed E-state index contributed by atoms with van der Waals surface area (Å²) >= 11 is 0. The van der Waals surface area contributed by atoms with Crippen LogP contribution in [0.3, 0.4) is 0 Å². The number of carbonyl (C=O) groups is 2. The predicted octanol–water partition coefficient (Wildman–Crippen LogP) is 4.49. The average molecular weight is 424 g/mol. The summed E-state index contributed by atoms with van der Waals surface area (Å²) in [6.45, 7) is 7.06. The van der Waals surface area contributed by atoms with Crippen LogP contribution in [-0.2, 0) is 15.0 Å². The molecule has 1 amide bonds. The van der Waals surface area contributed by atoms with Crippen molar-refractivity contribution in [3.63, 3.8) is 0 Å². The van der Waals surface area contributed by atoms with Gasteiger partial charge in [0.1, 0.15) is 11.2 Å². The van der Waals surface area contributed by atoms with Gasteiger partial charge in [-0.25, -0.2) is 0 Å². The highest BCUT2D eigenvalue weighted by Crippen LogP contribution is 2.63. The molecule has 0 spiro atoms. The lowest BCUT2D eigenvalue weighted by atomic mass is 9.44. The Labute approximate surface area is 184 Å². The third-order valence-electron chi connectivity index (χ3n) is 9.09. The summed E-state index contributed by atoms with van der Waals surface area (Å²) in [5.41, 5.74) is 1.21. The molecule has 1 unspecified atom stereocenters. The molecular formula is C26H33NO4. The van der Waals surface area contributed by atoms with E-state index < -0.39 is 5.41 Å². The van der Waals surface area contributed by atoms with E-state index in [9.17, 15) is 9.59 Å². The Balaban J connectivity index is 1.58. The lowest BCUT2D eigenvalue weighted by molar-refractivity contribution is -0.150. The highest BCUT2D eigenvalue weighted by Gasteiger charge is 2.62. The van der Waals surface area contributed by atoms with Crippen molar-refractivity contribution in [2.75, 3.05) is 14.2 Å². The number of Topliss-reactive ketones (excluding diaryl/α,β-unsaturated/α-hetero) is 1. The van der Waals surface area contributed by atoms with Gasteiger partial charge in [0, 0.05) is 24.6 Å². The maximum atomic E-state index is 13.5. The zero-order chi connectivity index (χ0) is 22.1. The number of hydrogen-bond acceptors (Lipinski definition) is 4. The number of benzene rings is 1. The molecule has 0 aromatic heterocycles. The number of rotatable bonds is 4. The zero-order valence-corrected chi connectivity index (χ0v) is 19.2. The molecule has 4 aliphatic carbocycles. The van der Waals surface area contributed by atoms with Crippen molar-refractivity contribution in [1.29, 1.82) is 0 Å². The monoisotopic (exact) mass is 423 g/mol. The van der Waals surface area contributed by atoms with E-state index in [1.165, 1.54) is 6.42 Å². The molecule has 5 atom stereocenters. The molecular weight excluding hydrogens is 390 g/mol. The molecule has 2 bridgehead atoms. The second-order valence-electron chi connectivity index (χ2n) is 10.5. The quantitative estimate of drug-likeness (QED) is 0.716. The molecule has 1 saturated heterocycles. The number of hydrogen-bond donors (Lipinski definition) is 0. The number of nitrogens with zero attached hydrogens (tertiary/aromatic N) is 1. The Morgan fingerprint density at radius 3 is 2.45 bits per heavy atom. The maximum absolute atomic E-state index is 13.5. The number of allylic oxidation sites excluding steroid dienone is 2. The predicted molar refractivity (Wildman–Crippen MR) is 118 cm³/mol. The van der Waals surface area contributed by atoms with Gasteiger partial charge in [0.25, 0.3) is 0 Å². The van der Waals surface area contributed by atoms with Crippen molar-refractivity contribution in [3.05, 3.63) is 35.5 Å². The molecule has 1 aromatic rings. The zero-order valence-electron chi connectivity index (χ0n) is 19.2. The lowest BCUT2D eigenvalue weighted by Crippen LogP contribution is -2.61. The van der Waals surface area contributed by atoms with Crippen molar-refractivity contribution < 1.29 is 19.1 Å². The summed E-state index contributed by atoms with van der Waals surface area (Å²) < 4.78 is 10.9. The van der Waals surface area contributed by atoms with Gasteiger partial charge in [0.15, 0.2) is 11.5 Å². The van der Waals surface area contributed by atoms with Crippen molar-refractivity contribution in [3.8, 4) is 11.5 Å². The first-order chi connectivity index (χ1) is 14.8. The molecule has 1 heterocycles. The maximum Gasteiger partial charge on any atom is 0.228 e. The fourth-order valence-corrected chi connectivity index (χ4v) is 7.15. The molecule has 0 N–H and O–H groups in total. The molecule has 5 nitrogen and oxygen atoms in total. The van der Waals surface area contributed by atoms with E-state index in [1.807, 2.05) is 23.1 Å². The molecule has 1 aliphatic heterocycles. The van der Waals surface area contributed by atoms with E-state index in [2.05, 4.69) is 26.8 Å². The van der Waals surface area contributed by atoms with E-state index >= 15 is 0 Å². The molecule has 5 heteroatoms. The molecule has 166 valence electrons. The van der Waals surface area contributed by atoms with E-state index in [0.29, 0.717) is 47.5 Å². The highest BCUT2D eigenvalue weighted by atomic mass is 16.5. The van der Waals surface area contributed by atoms with Crippen LogP contribution in [0.25, 0.3) is 0 Å². The Morgan fingerprint density at radius 1 is 1.06 bits per heavy atom.